The van der Waals surface area contributed by atoms with Crippen LogP contribution in [0.25, 0.3) is 0 Å². The van der Waals surface area contributed by atoms with Crippen LogP contribution >= 0.6 is 0 Å². The fraction of sp³-hybridized carbons (Fsp3) is 0.792. The van der Waals surface area contributed by atoms with Gasteiger partial charge in [0.15, 0.2) is 0 Å². The van der Waals surface area contributed by atoms with Crippen LogP contribution in [0.15, 0.2) is 16.8 Å². The van der Waals surface area contributed by atoms with E-state index in [1.807, 2.05) is 6.92 Å². The van der Waals surface area contributed by atoms with Gasteiger partial charge in [0.05, 0.1) is 0 Å². The number of nitrogens with zero attached hydrogens (tertiary/aromatic N) is 1. The Balaban J connectivity index is 1.54. The number of carbonyl (C=O) groups excluding carboxylic acids is 2. The molecule has 6 heteroatoms. The Bertz CT molecular complexity index is 791. The predicted octanol–water partition coefficient (Wildman–Crippen LogP) is 4.54. The van der Waals surface area contributed by atoms with Gasteiger partial charge in [-0.2, -0.15) is 5.10 Å². The van der Waals surface area contributed by atoms with Crippen LogP contribution < -0.4 is 11.2 Å². The van der Waals surface area contributed by atoms with Gasteiger partial charge in [-0.25, -0.2) is 10.2 Å². The van der Waals surface area contributed by atoms with Crippen molar-refractivity contribution in [1.29, 1.82) is 0 Å². The molecule has 4 rings (SSSR count). The van der Waals surface area contributed by atoms with E-state index in [1.54, 1.807) is 0 Å². The minimum absolute atomic E-state index is 0.0553. The zero-order valence-electron chi connectivity index (χ0n) is 18.9. The average molecular weight is 416 g/mol. The highest BCUT2D eigenvalue weighted by Crippen LogP contribution is 2.66. The average Bonchev–Trinajstić information content (AvgIpc) is 3.03. The van der Waals surface area contributed by atoms with Crippen molar-refractivity contribution in [3.05, 3.63) is 11.6 Å². The summed E-state index contributed by atoms with van der Waals surface area (Å²) in [5.74, 6) is 2.37. The number of amides is 2. The van der Waals surface area contributed by atoms with Crippen molar-refractivity contribution in [2.75, 3.05) is 0 Å². The van der Waals surface area contributed by atoms with Crippen LogP contribution in [0.2, 0.25) is 0 Å². The van der Waals surface area contributed by atoms with Crippen LogP contribution in [0.1, 0.15) is 79.1 Å². The molecule has 0 heterocycles. The van der Waals surface area contributed by atoms with E-state index in [4.69, 9.17) is 10.5 Å². The molecule has 0 aromatic rings. The Kier molecular flexibility index (Phi) is 5.48. The molecule has 30 heavy (non-hydrogen) atoms. The number of ether oxygens (including phenoxy) is 1. The first kappa shape index (κ1) is 21.4. The topological polar surface area (TPSA) is 93.8 Å². The quantitative estimate of drug-likeness (QED) is 0.307. The first-order valence-electron chi connectivity index (χ1n) is 11.6. The van der Waals surface area contributed by atoms with Gasteiger partial charge in [0.2, 0.25) is 0 Å². The second-order valence-corrected chi connectivity index (χ2v) is 10.6. The fourth-order valence-electron chi connectivity index (χ4n) is 7.87. The van der Waals surface area contributed by atoms with Gasteiger partial charge >= 0.3 is 12.0 Å². The van der Waals surface area contributed by atoms with Crippen LogP contribution in [-0.4, -0.2) is 23.8 Å². The lowest BCUT2D eigenvalue weighted by molar-refractivity contribution is -0.148. The van der Waals surface area contributed by atoms with E-state index in [0.29, 0.717) is 23.7 Å². The second-order valence-electron chi connectivity index (χ2n) is 10.6. The number of hydrogen-bond donors (Lipinski definition) is 2. The number of allylic oxidation sites excluding steroid dienone is 1. The number of hydrogen-bond acceptors (Lipinski definition) is 4. The van der Waals surface area contributed by atoms with E-state index >= 15 is 0 Å². The highest BCUT2D eigenvalue weighted by molar-refractivity contribution is 5.86. The molecule has 2 amide bonds. The summed E-state index contributed by atoms with van der Waals surface area (Å²) in [7, 11) is 0. The van der Waals surface area contributed by atoms with Crippen molar-refractivity contribution in [2.45, 2.75) is 85.2 Å². The monoisotopic (exact) mass is 415 g/mol. The van der Waals surface area contributed by atoms with Gasteiger partial charge in [0, 0.05) is 25.0 Å². The summed E-state index contributed by atoms with van der Waals surface area (Å²) in [4.78, 5) is 22.5. The molecule has 0 unspecified atom stereocenters. The molecule has 0 bridgehead atoms. The SMILES string of the molecule is CC(=O)O[C@H]1CC[C@@]2(C)C(=CC[C@@H]3[C@H]4CC[C@@H](/C(C)=N/NC(N)=O)[C@@]4(C)CC[C@H]32)C1. The number of rotatable bonds is 3. The maximum Gasteiger partial charge on any atom is 0.332 e. The lowest BCUT2D eigenvalue weighted by atomic mass is 9.47. The Hall–Kier alpha value is -1.85. The molecule has 6 nitrogen and oxygen atoms in total. The molecular formula is C24H37N3O3. The number of esters is 1. The Morgan fingerprint density at radius 1 is 1.13 bits per heavy atom. The minimum Gasteiger partial charge on any atom is -0.462 e. The predicted molar refractivity (Wildman–Crippen MR) is 117 cm³/mol. The van der Waals surface area contributed by atoms with E-state index < -0.39 is 6.03 Å². The number of nitrogens with two attached hydrogens (primary N) is 1. The number of fused-ring (bicyclic) bond motifs is 5. The molecule has 3 fully saturated rings. The smallest absolute Gasteiger partial charge is 0.332 e. The van der Waals surface area contributed by atoms with Crippen molar-refractivity contribution in [3.8, 4) is 0 Å². The van der Waals surface area contributed by atoms with Gasteiger partial charge in [-0.05, 0) is 80.5 Å². The Morgan fingerprint density at radius 2 is 1.90 bits per heavy atom. The largest absolute Gasteiger partial charge is 0.462 e. The van der Waals surface area contributed by atoms with Crippen LogP contribution in [0.5, 0.6) is 0 Å². The standard InChI is InChI=1S/C24H37N3O3/c1-14(26-27-22(25)29)19-7-8-20-18-6-5-16-13-17(30-15(2)28)9-11-23(16,3)21(18)10-12-24(19,20)4/h5,17-21H,6-13H2,1-4H3,(H3,25,27,29)/b26-14+/t17-,18+,19-,20+,21+,23-,24+/m0/s1. The summed E-state index contributed by atoms with van der Waals surface area (Å²) in [5.41, 5.74) is 10.7. The molecule has 4 aliphatic rings. The van der Waals surface area contributed by atoms with Crippen molar-refractivity contribution in [1.82, 2.24) is 5.43 Å². The van der Waals surface area contributed by atoms with E-state index in [1.165, 1.54) is 31.8 Å². The number of carbonyl (C=O) groups is 2. The van der Waals surface area contributed by atoms with Crippen LogP contribution in [0, 0.1) is 34.5 Å². The van der Waals surface area contributed by atoms with Crippen LogP contribution in [0.3, 0.4) is 0 Å². The molecule has 166 valence electrons. The van der Waals surface area contributed by atoms with Crippen LogP contribution in [-0.2, 0) is 9.53 Å². The summed E-state index contributed by atoms with van der Waals surface area (Å²) < 4.78 is 5.56. The first-order chi connectivity index (χ1) is 14.1. The van der Waals surface area contributed by atoms with Gasteiger partial charge in [0.1, 0.15) is 6.10 Å². The number of urea groups is 1. The summed E-state index contributed by atoms with van der Waals surface area (Å²) >= 11 is 0. The number of primary amides is 1. The molecule has 3 N–H and O–H groups in total. The summed E-state index contributed by atoms with van der Waals surface area (Å²) in [6, 6.07) is -0.597. The zero-order chi connectivity index (χ0) is 21.7. The molecule has 0 aliphatic heterocycles. The normalized spacial score (nSPS) is 43.0. The molecule has 3 saturated carbocycles. The first-order valence-corrected chi connectivity index (χ1v) is 11.6. The summed E-state index contributed by atoms with van der Waals surface area (Å²) in [5, 5.41) is 4.30. The molecule has 0 saturated heterocycles. The number of nitrogens with one attached hydrogen (secondary N) is 1. The van der Waals surface area contributed by atoms with E-state index in [-0.39, 0.29) is 22.9 Å². The third-order valence-corrected chi connectivity index (χ3v) is 9.24. The minimum atomic E-state index is -0.597. The maximum absolute atomic E-state index is 11.4. The van der Waals surface area contributed by atoms with Gasteiger partial charge < -0.3 is 10.5 Å². The fourth-order valence-corrected chi connectivity index (χ4v) is 7.87. The third-order valence-electron chi connectivity index (χ3n) is 9.24. The van der Waals surface area contributed by atoms with Gasteiger partial charge in [-0.1, -0.05) is 25.5 Å². The Morgan fingerprint density at radius 3 is 2.60 bits per heavy atom. The lowest BCUT2D eigenvalue weighted by Gasteiger charge is -2.58. The number of hydrazone groups is 1. The highest BCUT2D eigenvalue weighted by atomic mass is 16.5. The molecule has 0 aromatic heterocycles. The maximum atomic E-state index is 11.4. The summed E-state index contributed by atoms with van der Waals surface area (Å²) in [6.45, 7) is 8.48. The van der Waals surface area contributed by atoms with Crippen molar-refractivity contribution >= 4 is 17.7 Å². The van der Waals surface area contributed by atoms with E-state index in [9.17, 15) is 9.59 Å². The van der Waals surface area contributed by atoms with Crippen molar-refractivity contribution in [2.24, 2.45) is 45.3 Å². The lowest BCUT2D eigenvalue weighted by Crippen LogP contribution is -2.51. The molecule has 0 spiro atoms. The zero-order valence-corrected chi connectivity index (χ0v) is 18.9. The van der Waals surface area contributed by atoms with Gasteiger partial charge in [-0.3, -0.25) is 4.79 Å². The second kappa shape index (κ2) is 7.69. The molecule has 4 aliphatic carbocycles. The van der Waals surface area contributed by atoms with E-state index in [0.717, 1.165) is 37.8 Å². The van der Waals surface area contributed by atoms with E-state index in [2.05, 4.69) is 30.5 Å². The molecule has 0 aromatic carbocycles. The van der Waals surface area contributed by atoms with Crippen LogP contribution in [0.4, 0.5) is 4.79 Å². The van der Waals surface area contributed by atoms with Gasteiger partial charge in [-0.15, -0.1) is 0 Å². The highest BCUT2D eigenvalue weighted by Gasteiger charge is 2.59. The molecule has 0 radical (unpaired) electrons. The third kappa shape index (κ3) is 3.46. The van der Waals surface area contributed by atoms with Gasteiger partial charge in [0.25, 0.3) is 0 Å². The summed E-state index contributed by atoms with van der Waals surface area (Å²) in [6.07, 6.45) is 11.5. The molecular weight excluding hydrogens is 378 g/mol. The Labute approximate surface area is 180 Å². The molecule has 7 atom stereocenters. The van der Waals surface area contributed by atoms with Crippen molar-refractivity contribution in [3.63, 3.8) is 0 Å². The van der Waals surface area contributed by atoms with Crippen molar-refractivity contribution < 1.29 is 14.3 Å².